The van der Waals surface area contributed by atoms with Gasteiger partial charge in [0.05, 0.1) is 5.60 Å². The molecule has 0 spiro atoms. The van der Waals surface area contributed by atoms with Crippen LogP contribution in [0.4, 0.5) is 0 Å². The second-order valence-electron chi connectivity index (χ2n) is 5.06. The minimum Gasteiger partial charge on any atom is -0.389 e. The molecule has 0 aliphatic rings. The van der Waals surface area contributed by atoms with Gasteiger partial charge < -0.3 is 10.4 Å². The molecule has 0 aromatic carbocycles. The molecule has 0 heterocycles. The summed E-state index contributed by atoms with van der Waals surface area (Å²) in [7, 11) is 0. The molecule has 15 heavy (non-hydrogen) atoms. The van der Waals surface area contributed by atoms with E-state index in [9.17, 15) is 5.11 Å². The summed E-state index contributed by atoms with van der Waals surface area (Å²) in [4.78, 5) is 0. The first-order chi connectivity index (χ1) is 6.87. The molecule has 0 aliphatic carbocycles. The third-order valence-corrected chi connectivity index (χ3v) is 4.05. The first-order valence-corrected chi connectivity index (χ1v) is 7.06. The average Bonchev–Trinajstić information content (AvgIpc) is 2.14. The number of aliphatic hydroxyl groups is 1. The maximum Gasteiger partial charge on any atom is 0.0741 e. The summed E-state index contributed by atoms with van der Waals surface area (Å²) in [6.45, 7) is 11.2. The first-order valence-electron chi connectivity index (χ1n) is 5.91. The standard InChI is InChI=1S/C12H27NOS/c1-6-12(5,14)9-13-11(4)8-15-7-10(2)3/h10-11,13-14H,6-9H2,1-5H3. The van der Waals surface area contributed by atoms with E-state index in [1.54, 1.807) is 0 Å². The molecule has 0 aliphatic heterocycles. The van der Waals surface area contributed by atoms with Crippen LogP contribution in [-0.4, -0.2) is 34.8 Å². The number of hydrogen-bond acceptors (Lipinski definition) is 3. The molecule has 2 N–H and O–H groups in total. The van der Waals surface area contributed by atoms with E-state index in [1.807, 2.05) is 25.6 Å². The topological polar surface area (TPSA) is 32.3 Å². The summed E-state index contributed by atoms with van der Waals surface area (Å²) in [6.07, 6.45) is 0.797. The summed E-state index contributed by atoms with van der Waals surface area (Å²) < 4.78 is 0. The van der Waals surface area contributed by atoms with Crippen LogP contribution in [0.5, 0.6) is 0 Å². The Bertz CT molecular complexity index is 160. The fraction of sp³-hybridized carbons (Fsp3) is 1.00. The molecule has 2 unspecified atom stereocenters. The minimum absolute atomic E-state index is 0.478. The third-order valence-electron chi connectivity index (χ3n) is 2.41. The highest BCUT2D eigenvalue weighted by Gasteiger charge is 2.17. The number of rotatable bonds is 8. The quantitative estimate of drug-likeness (QED) is 0.676. The van der Waals surface area contributed by atoms with Crippen LogP contribution in [0.2, 0.25) is 0 Å². The van der Waals surface area contributed by atoms with Gasteiger partial charge in [-0.25, -0.2) is 0 Å². The van der Waals surface area contributed by atoms with E-state index in [4.69, 9.17) is 0 Å². The van der Waals surface area contributed by atoms with Crippen molar-refractivity contribution in [2.24, 2.45) is 5.92 Å². The van der Waals surface area contributed by atoms with Gasteiger partial charge in [-0.1, -0.05) is 20.8 Å². The van der Waals surface area contributed by atoms with Crippen molar-refractivity contribution in [2.75, 3.05) is 18.1 Å². The molecule has 0 saturated heterocycles. The summed E-state index contributed by atoms with van der Waals surface area (Å²) in [5, 5.41) is 13.2. The van der Waals surface area contributed by atoms with Crippen LogP contribution in [0.3, 0.4) is 0 Å². The lowest BCUT2D eigenvalue weighted by molar-refractivity contribution is 0.0540. The van der Waals surface area contributed by atoms with Crippen LogP contribution in [0, 0.1) is 5.92 Å². The van der Waals surface area contributed by atoms with Crippen molar-refractivity contribution in [3.05, 3.63) is 0 Å². The maximum atomic E-state index is 9.82. The predicted octanol–water partition coefficient (Wildman–Crippen LogP) is 2.51. The van der Waals surface area contributed by atoms with Crippen molar-refractivity contribution in [3.8, 4) is 0 Å². The molecule has 0 rings (SSSR count). The highest BCUT2D eigenvalue weighted by molar-refractivity contribution is 7.99. The third kappa shape index (κ3) is 9.21. The van der Waals surface area contributed by atoms with Gasteiger partial charge in [0.1, 0.15) is 0 Å². The molecule has 0 radical (unpaired) electrons. The van der Waals surface area contributed by atoms with Gasteiger partial charge in [-0.05, 0) is 31.9 Å². The van der Waals surface area contributed by atoms with Crippen LogP contribution in [0.15, 0.2) is 0 Å². The van der Waals surface area contributed by atoms with Gasteiger partial charge in [-0.15, -0.1) is 0 Å². The number of hydrogen-bond donors (Lipinski definition) is 2. The van der Waals surface area contributed by atoms with Crippen molar-refractivity contribution in [3.63, 3.8) is 0 Å². The van der Waals surface area contributed by atoms with Gasteiger partial charge in [-0.3, -0.25) is 0 Å². The van der Waals surface area contributed by atoms with Crippen molar-refractivity contribution in [1.29, 1.82) is 0 Å². The second kappa shape index (κ2) is 7.53. The molecule has 0 bridgehead atoms. The van der Waals surface area contributed by atoms with Gasteiger partial charge in [0.25, 0.3) is 0 Å². The van der Waals surface area contributed by atoms with Crippen LogP contribution in [0.1, 0.15) is 41.0 Å². The summed E-state index contributed by atoms with van der Waals surface area (Å²) in [5.41, 5.74) is -0.559. The lowest BCUT2D eigenvalue weighted by atomic mass is 10.0. The summed E-state index contributed by atoms with van der Waals surface area (Å²) in [5.74, 6) is 3.11. The summed E-state index contributed by atoms with van der Waals surface area (Å²) in [6, 6.07) is 0.478. The van der Waals surface area contributed by atoms with Crippen LogP contribution in [-0.2, 0) is 0 Å². The Morgan fingerprint density at radius 2 is 1.87 bits per heavy atom. The van der Waals surface area contributed by atoms with E-state index in [0.717, 1.165) is 18.1 Å². The van der Waals surface area contributed by atoms with Crippen LogP contribution in [0.25, 0.3) is 0 Å². The molecular weight excluding hydrogens is 206 g/mol. The lowest BCUT2D eigenvalue weighted by Gasteiger charge is -2.24. The number of thioether (sulfide) groups is 1. The van der Waals surface area contributed by atoms with E-state index in [0.29, 0.717) is 12.6 Å². The van der Waals surface area contributed by atoms with E-state index in [-0.39, 0.29) is 0 Å². The van der Waals surface area contributed by atoms with Gasteiger partial charge in [0.15, 0.2) is 0 Å². The fourth-order valence-corrected chi connectivity index (χ4v) is 2.14. The highest BCUT2D eigenvalue weighted by Crippen LogP contribution is 2.10. The minimum atomic E-state index is -0.559. The van der Waals surface area contributed by atoms with E-state index in [2.05, 4.69) is 26.1 Å². The maximum absolute atomic E-state index is 9.82. The second-order valence-corrected chi connectivity index (χ2v) is 6.14. The smallest absolute Gasteiger partial charge is 0.0741 e. The van der Waals surface area contributed by atoms with Gasteiger partial charge in [-0.2, -0.15) is 11.8 Å². The largest absolute Gasteiger partial charge is 0.389 e. The normalized spacial score (nSPS) is 17.8. The van der Waals surface area contributed by atoms with Crippen molar-refractivity contribution in [2.45, 2.75) is 52.7 Å². The first kappa shape index (κ1) is 15.3. The van der Waals surface area contributed by atoms with E-state index in [1.165, 1.54) is 5.75 Å². The molecule has 0 saturated carbocycles. The molecule has 0 amide bonds. The Balaban J connectivity index is 3.53. The molecule has 2 nitrogen and oxygen atoms in total. The van der Waals surface area contributed by atoms with Crippen LogP contribution >= 0.6 is 11.8 Å². The molecule has 92 valence electrons. The van der Waals surface area contributed by atoms with Gasteiger partial charge in [0, 0.05) is 18.3 Å². The molecule has 0 aromatic rings. The zero-order chi connectivity index (χ0) is 11.9. The highest BCUT2D eigenvalue weighted by atomic mass is 32.2. The van der Waals surface area contributed by atoms with E-state index < -0.39 is 5.60 Å². The Morgan fingerprint density at radius 1 is 1.27 bits per heavy atom. The van der Waals surface area contributed by atoms with Crippen molar-refractivity contribution in [1.82, 2.24) is 5.32 Å². The number of nitrogens with one attached hydrogen (secondary N) is 1. The Hall–Kier alpha value is 0.270. The molecule has 2 atom stereocenters. The molecule has 0 aromatic heterocycles. The predicted molar refractivity (Wildman–Crippen MR) is 70.5 cm³/mol. The average molecular weight is 233 g/mol. The molecule has 0 fully saturated rings. The van der Waals surface area contributed by atoms with Crippen LogP contribution < -0.4 is 5.32 Å². The van der Waals surface area contributed by atoms with Crippen molar-refractivity contribution >= 4 is 11.8 Å². The Morgan fingerprint density at radius 3 is 2.33 bits per heavy atom. The summed E-state index contributed by atoms with van der Waals surface area (Å²) >= 11 is 1.98. The van der Waals surface area contributed by atoms with Crippen molar-refractivity contribution < 1.29 is 5.11 Å². The van der Waals surface area contributed by atoms with Gasteiger partial charge in [0.2, 0.25) is 0 Å². The molecule has 3 heteroatoms. The Kier molecular flexibility index (Phi) is 7.66. The zero-order valence-corrected chi connectivity index (χ0v) is 11.7. The Labute approximate surface area is 99.2 Å². The SMILES string of the molecule is CCC(C)(O)CNC(C)CSCC(C)C. The lowest BCUT2D eigenvalue weighted by Crippen LogP contribution is -2.42. The van der Waals surface area contributed by atoms with Gasteiger partial charge >= 0.3 is 0 Å². The fourth-order valence-electron chi connectivity index (χ4n) is 1.06. The van der Waals surface area contributed by atoms with E-state index >= 15 is 0 Å². The monoisotopic (exact) mass is 233 g/mol. The zero-order valence-electron chi connectivity index (χ0n) is 10.8. The molecular formula is C12H27NOS.